The van der Waals surface area contributed by atoms with Gasteiger partial charge in [-0.3, -0.25) is 4.79 Å². The van der Waals surface area contributed by atoms with Crippen LogP contribution in [0.15, 0.2) is 35.6 Å². The van der Waals surface area contributed by atoms with Crippen molar-refractivity contribution in [3.05, 3.63) is 53.4 Å². The minimum Gasteiger partial charge on any atom is -0.465 e. The molecule has 8 nitrogen and oxygen atoms in total. The molecule has 0 saturated carbocycles. The fraction of sp³-hybridized carbons (Fsp3) is 0.235. The molecule has 0 unspecified atom stereocenters. The second-order valence-corrected chi connectivity index (χ2v) is 5.82. The largest absolute Gasteiger partial charge is 0.465 e. The van der Waals surface area contributed by atoms with Gasteiger partial charge in [0.25, 0.3) is 18.4 Å². The molecule has 0 aliphatic carbocycles. The van der Waals surface area contributed by atoms with Crippen LogP contribution in [0.4, 0.5) is 18.9 Å². The van der Waals surface area contributed by atoms with E-state index in [9.17, 15) is 18.0 Å². The van der Waals surface area contributed by atoms with Crippen molar-refractivity contribution in [3.63, 3.8) is 0 Å². The summed E-state index contributed by atoms with van der Waals surface area (Å²) >= 11 is 0. The van der Waals surface area contributed by atoms with Crippen molar-refractivity contribution in [2.45, 2.75) is 18.4 Å². The van der Waals surface area contributed by atoms with E-state index in [1.54, 1.807) is 6.07 Å². The number of carbonyl (C=O) groups excluding carboxylic acids is 1. The van der Waals surface area contributed by atoms with Crippen molar-refractivity contribution in [2.75, 3.05) is 11.9 Å². The van der Waals surface area contributed by atoms with Crippen LogP contribution in [0.1, 0.15) is 28.2 Å². The molecule has 1 aromatic carbocycles. The molecule has 1 aromatic heterocycles. The molecule has 11 heteroatoms. The number of carbonyl (C=O) groups is 1. The van der Waals surface area contributed by atoms with E-state index in [0.717, 1.165) is 24.5 Å². The van der Waals surface area contributed by atoms with Crippen molar-refractivity contribution in [1.29, 1.82) is 5.26 Å². The Bertz CT molecular complexity index is 974. The molecular weight excluding hydrogens is 377 g/mol. The molecule has 144 valence electrons. The number of aromatic nitrogens is 2. The Kier molecular flexibility index (Phi) is 5.12. The number of hydrogen-bond donors (Lipinski definition) is 2. The van der Waals surface area contributed by atoms with E-state index in [4.69, 9.17) is 15.7 Å². The molecule has 0 spiro atoms. The van der Waals surface area contributed by atoms with Gasteiger partial charge in [-0.1, -0.05) is 0 Å². The summed E-state index contributed by atoms with van der Waals surface area (Å²) in [6, 6.07) is 4.52. The number of anilines is 1. The van der Waals surface area contributed by atoms with Crippen molar-refractivity contribution in [1.82, 2.24) is 9.97 Å². The highest BCUT2D eigenvalue weighted by molar-refractivity contribution is 6.02. The molecule has 1 aliphatic heterocycles. The molecule has 28 heavy (non-hydrogen) atoms. The first-order valence-corrected chi connectivity index (χ1v) is 7.95. The Hall–Kier alpha value is -3.68. The molecule has 3 N–H and O–H groups in total. The average Bonchev–Trinajstić information content (AvgIpc) is 2.69. The predicted molar refractivity (Wildman–Crippen MR) is 91.0 cm³/mol. The minimum absolute atomic E-state index is 0.0226. The number of nitriles is 1. The van der Waals surface area contributed by atoms with E-state index in [-0.39, 0.29) is 30.1 Å². The van der Waals surface area contributed by atoms with Crippen LogP contribution < -0.4 is 11.1 Å². The number of benzene rings is 1. The highest BCUT2D eigenvalue weighted by Gasteiger charge is 2.46. The third-order valence-electron chi connectivity index (χ3n) is 4.09. The first-order chi connectivity index (χ1) is 13.4. The number of amidine groups is 1. The van der Waals surface area contributed by atoms with Gasteiger partial charge in [-0.05, 0) is 18.2 Å². The van der Waals surface area contributed by atoms with Crippen LogP contribution in [0.25, 0.3) is 0 Å². The van der Waals surface area contributed by atoms with Crippen LogP contribution in [0.5, 0.6) is 0 Å². The Balaban J connectivity index is 1.93. The summed E-state index contributed by atoms with van der Waals surface area (Å²) in [5.41, 5.74) is 2.74. The number of hydrogen-bond acceptors (Lipinski definition) is 7. The summed E-state index contributed by atoms with van der Waals surface area (Å²) in [5.74, 6) is -1.63. The molecule has 3 rings (SSSR count). The number of alkyl halides is 2. The van der Waals surface area contributed by atoms with Crippen LogP contribution in [-0.2, 0) is 10.3 Å². The second-order valence-electron chi connectivity index (χ2n) is 5.82. The summed E-state index contributed by atoms with van der Waals surface area (Å²) < 4.78 is 46.9. The molecule has 0 saturated heterocycles. The third-order valence-corrected chi connectivity index (χ3v) is 4.09. The molecule has 0 bridgehead atoms. The second kappa shape index (κ2) is 7.51. The lowest BCUT2D eigenvalue weighted by Gasteiger charge is -2.33. The van der Waals surface area contributed by atoms with E-state index in [1.807, 2.05) is 0 Å². The average molecular weight is 390 g/mol. The summed E-state index contributed by atoms with van der Waals surface area (Å²) in [4.78, 5) is 23.4. The van der Waals surface area contributed by atoms with Gasteiger partial charge in [0.05, 0.1) is 19.0 Å². The monoisotopic (exact) mass is 390 g/mol. The number of amides is 1. The number of halogens is 3. The van der Waals surface area contributed by atoms with E-state index in [1.165, 1.54) is 6.07 Å². The third kappa shape index (κ3) is 3.57. The van der Waals surface area contributed by atoms with Gasteiger partial charge in [0.15, 0.2) is 11.2 Å². The van der Waals surface area contributed by atoms with Crippen molar-refractivity contribution in [2.24, 2.45) is 10.7 Å². The molecule has 0 fully saturated rings. The fourth-order valence-electron chi connectivity index (χ4n) is 2.70. The molecular formula is C17H13F3N6O2. The lowest BCUT2D eigenvalue weighted by Crippen LogP contribution is -2.41. The van der Waals surface area contributed by atoms with Crippen LogP contribution in [-0.4, -0.2) is 34.9 Å². The Morgan fingerprint density at radius 1 is 1.36 bits per heavy atom. The lowest BCUT2D eigenvalue weighted by atomic mass is 9.86. The molecule has 1 amide bonds. The van der Waals surface area contributed by atoms with Gasteiger partial charge in [0, 0.05) is 17.7 Å². The van der Waals surface area contributed by atoms with Crippen LogP contribution in [0, 0.1) is 17.1 Å². The Morgan fingerprint density at radius 2 is 2.14 bits per heavy atom. The van der Waals surface area contributed by atoms with E-state index in [0.29, 0.717) is 0 Å². The van der Waals surface area contributed by atoms with E-state index in [2.05, 4.69) is 20.3 Å². The van der Waals surface area contributed by atoms with Gasteiger partial charge in [0.2, 0.25) is 0 Å². The van der Waals surface area contributed by atoms with Gasteiger partial charge in [0.1, 0.15) is 17.6 Å². The SMILES string of the molecule is N#Cc1cnc(C(=O)Nc2ccc(F)c([C@]3(C(F)F)CCOC(N)=N3)c2)cn1. The van der Waals surface area contributed by atoms with E-state index < -0.39 is 35.3 Å². The number of nitrogens with one attached hydrogen (secondary N) is 1. The fourth-order valence-corrected chi connectivity index (χ4v) is 2.70. The zero-order valence-corrected chi connectivity index (χ0v) is 14.2. The van der Waals surface area contributed by atoms with Gasteiger partial charge >= 0.3 is 0 Å². The maximum absolute atomic E-state index is 14.4. The topological polar surface area (TPSA) is 126 Å². The number of nitrogens with two attached hydrogens (primary N) is 1. The highest BCUT2D eigenvalue weighted by Crippen LogP contribution is 2.40. The van der Waals surface area contributed by atoms with Gasteiger partial charge in [-0.25, -0.2) is 28.1 Å². The van der Waals surface area contributed by atoms with Crippen molar-refractivity contribution < 1.29 is 22.7 Å². The zero-order chi connectivity index (χ0) is 20.3. The number of nitrogens with zero attached hydrogens (tertiary/aromatic N) is 4. The van der Waals surface area contributed by atoms with Crippen LogP contribution >= 0.6 is 0 Å². The maximum atomic E-state index is 14.4. The molecule has 2 aromatic rings. The van der Waals surface area contributed by atoms with Gasteiger partial charge in [-0.15, -0.1) is 0 Å². The summed E-state index contributed by atoms with van der Waals surface area (Å²) in [6.45, 7) is -0.156. The van der Waals surface area contributed by atoms with Crippen LogP contribution in [0.3, 0.4) is 0 Å². The Morgan fingerprint density at radius 3 is 2.75 bits per heavy atom. The molecule has 1 atom stereocenters. The summed E-state index contributed by atoms with van der Waals surface area (Å²) in [6.07, 6.45) is -1.15. The van der Waals surface area contributed by atoms with Gasteiger partial charge in [-0.2, -0.15) is 5.26 Å². The smallest absolute Gasteiger partial charge is 0.283 e. The zero-order valence-electron chi connectivity index (χ0n) is 14.2. The quantitative estimate of drug-likeness (QED) is 0.822. The molecule has 2 heterocycles. The minimum atomic E-state index is -3.06. The number of ether oxygens (including phenoxy) is 1. The maximum Gasteiger partial charge on any atom is 0.283 e. The van der Waals surface area contributed by atoms with Gasteiger partial charge < -0.3 is 15.8 Å². The van der Waals surface area contributed by atoms with Crippen molar-refractivity contribution in [3.8, 4) is 6.07 Å². The molecule has 0 radical (unpaired) electrons. The van der Waals surface area contributed by atoms with Crippen LogP contribution in [0.2, 0.25) is 0 Å². The molecule has 1 aliphatic rings. The number of rotatable bonds is 4. The van der Waals surface area contributed by atoms with Crippen molar-refractivity contribution >= 4 is 17.6 Å². The summed E-state index contributed by atoms with van der Waals surface area (Å²) in [5, 5.41) is 11.1. The highest BCUT2D eigenvalue weighted by atomic mass is 19.3. The standard InChI is InChI=1S/C17H13F3N6O2/c18-12-2-1-9(25-14(27)13-8-23-10(6-21)7-24-13)5-11(12)17(15(19)20)3-4-28-16(22)26-17/h1-2,5,7-8,15H,3-4H2,(H2,22,26)(H,25,27)/t17-/m0/s1. The number of aliphatic imine (C=N–C) groups is 1. The lowest BCUT2D eigenvalue weighted by molar-refractivity contribution is 0.0247. The Labute approximate surface area is 156 Å². The van der Waals surface area contributed by atoms with E-state index >= 15 is 0 Å². The predicted octanol–water partition coefficient (Wildman–Crippen LogP) is 1.94. The summed E-state index contributed by atoms with van der Waals surface area (Å²) in [7, 11) is 0. The first-order valence-electron chi connectivity index (χ1n) is 7.95. The normalized spacial score (nSPS) is 18.8. The first kappa shape index (κ1) is 19.1.